The largest absolute Gasteiger partial charge is 0.497 e. The molecule has 1 heterocycles. The van der Waals surface area contributed by atoms with Crippen molar-refractivity contribution in [2.45, 2.75) is 6.92 Å². The Bertz CT molecular complexity index is 959. The number of Topliss-reactive ketones (excluding diaryl/α,β-unsaturated/α-hetero) is 1. The van der Waals surface area contributed by atoms with Gasteiger partial charge in [-0.1, -0.05) is 0 Å². The molecular weight excluding hydrogens is 364 g/mol. The zero-order valence-corrected chi connectivity index (χ0v) is 16.0. The van der Waals surface area contributed by atoms with E-state index in [9.17, 15) is 9.59 Å². The molecule has 146 valence electrons. The van der Waals surface area contributed by atoms with E-state index in [1.165, 1.54) is 14.2 Å². The van der Waals surface area contributed by atoms with Crippen LogP contribution in [0.5, 0.6) is 23.0 Å². The predicted molar refractivity (Wildman–Crippen MR) is 101 cm³/mol. The number of carbonyl (C=O) groups excluding carboxylic acids is 2. The highest BCUT2D eigenvalue weighted by Crippen LogP contribution is 2.40. The van der Waals surface area contributed by atoms with E-state index in [4.69, 9.17) is 23.7 Å². The first kappa shape index (κ1) is 19.4. The maximum atomic E-state index is 12.7. The number of esters is 1. The molecule has 0 N–H and O–H groups in total. The van der Waals surface area contributed by atoms with Crippen LogP contribution in [0.4, 0.5) is 0 Å². The Hall–Kier alpha value is -3.32. The summed E-state index contributed by atoms with van der Waals surface area (Å²) in [5.41, 5.74) is 1.63. The summed E-state index contributed by atoms with van der Waals surface area (Å²) in [6.07, 6.45) is 1.61. The van der Waals surface area contributed by atoms with Gasteiger partial charge in [0, 0.05) is 24.3 Å². The Labute approximate surface area is 162 Å². The molecule has 2 aromatic carbocycles. The molecule has 0 atom stereocenters. The van der Waals surface area contributed by atoms with E-state index in [1.807, 2.05) is 0 Å². The topological polar surface area (TPSA) is 80.3 Å². The Morgan fingerprint density at radius 3 is 2.54 bits per heavy atom. The monoisotopic (exact) mass is 384 g/mol. The summed E-state index contributed by atoms with van der Waals surface area (Å²) in [5, 5.41) is 0. The normalized spacial score (nSPS) is 13.9. The summed E-state index contributed by atoms with van der Waals surface area (Å²) >= 11 is 0. The standard InChI is InChI=1S/C21H20O7/c1-12-16(27-19(22)11-24-2)8-7-15-20(23)18(28-21(12)15)9-13-5-6-14(25-3)10-17(13)26-4/h5-10H,11H2,1-4H3/b18-9-. The van der Waals surface area contributed by atoms with Crippen LogP contribution in [-0.2, 0) is 9.53 Å². The van der Waals surface area contributed by atoms with E-state index < -0.39 is 5.97 Å². The zero-order valence-electron chi connectivity index (χ0n) is 16.0. The van der Waals surface area contributed by atoms with Crippen LogP contribution in [0.15, 0.2) is 36.1 Å². The van der Waals surface area contributed by atoms with Crippen molar-refractivity contribution in [2.24, 2.45) is 0 Å². The average Bonchev–Trinajstić information content (AvgIpc) is 3.01. The van der Waals surface area contributed by atoms with Gasteiger partial charge in [0.05, 0.1) is 19.8 Å². The van der Waals surface area contributed by atoms with Gasteiger partial charge < -0.3 is 23.7 Å². The Kier molecular flexibility index (Phi) is 5.65. The van der Waals surface area contributed by atoms with Crippen LogP contribution in [0.3, 0.4) is 0 Å². The second kappa shape index (κ2) is 8.14. The minimum absolute atomic E-state index is 0.155. The number of hydrogen-bond acceptors (Lipinski definition) is 7. The second-order valence-corrected chi connectivity index (χ2v) is 6.02. The highest BCUT2D eigenvalue weighted by atomic mass is 16.6. The number of fused-ring (bicyclic) bond motifs is 1. The lowest BCUT2D eigenvalue weighted by Crippen LogP contribution is -2.14. The lowest BCUT2D eigenvalue weighted by atomic mass is 10.1. The Morgan fingerprint density at radius 2 is 1.86 bits per heavy atom. The quantitative estimate of drug-likeness (QED) is 0.430. The lowest BCUT2D eigenvalue weighted by Gasteiger charge is -2.10. The van der Waals surface area contributed by atoms with E-state index in [0.717, 1.165) is 0 Å². The van der Waals surface area contributed by atoms with Gasteiger partial charge in [-0.05, 0) is 37.3 Å². The van der Waals surface area contributed by atoms with Gasteiger partial charge in [-0.25, -0.2) is 4.79 Å². The molecule has 1 aliphatic rings. The summed E-state index contributed by atoms with van der Waals surface area (Å²) in [6, 6.07) is 8.40. The minimum Gasteiger partial charge on any atom is -0.497 e. The minimum atomic E-state index is -0.534. The van der Waals surface area contributed by atoms with Crippen molar-refractivity contribution < 1.29 is 33.3 Å². The highest BCUT2D eigenvalue weighted by molar-refractivity contribution is 6.15. The third kappa shape index (κ3) is 3.70. The van der Waals surface area contributed by atoms with Crippen molar-refractivity contribution in [3.05, 3.63) is 52.8 Å². The molecule has 0 amide bonds. The molecular formula is C21H20O7. The molecule has 0 saturated carbocycles. The molecule has 0 bridgehead atoms. The van der Waals surface area contributed by atoms with Gasteiger partial charge >= 0.3 is 5.97 Å². The molecule has 3 rings (SSSR count). The average molecular weight is 384 g/mol. The third-order valence-electron chi connectivity index (χ3n) is 4.25. The van der Waals surface area contributed by atoms with Gasteiger partial charge in [-0.15, -0.1) is 0 Å². The number of methoxy groups -OCH3 is 3. The SMILES string of the molecule is COCC(=O)Oc1ccc2c(c1C)O/C(=C\c1ccc(OC)cc1OC)C2=O. The highest BCUT2D eigenvalue weighted by Gasteiger charge is 2.30. The molecule has 28 heavy (non-hydrogen) atoms. The van der Waals surface area contributed by atoms with E-state index in [-0.39, 0.29) is 18.1 Å². The molecule has 0 radical (unpaired) electrons. The molecule has 7 nitrogen and oxygen atoms in total. The summed E-state index contributed by atoms with van der Waals surface area (Å²) in [6.45, 7) is 1.55. The van der Waals surface area contributed by atoms with E-state index in [1.54, 1.807) is 50.4 Å². The fraction of sp³-hybridized carbons (Fsp3) is 0.238. The molecule has 2 aromatic rings. The number of benzene rings is 2. The maximum Gasteiger partial charge on any atom is 0.337 e. The number of carbonyl (C=O) groups is 2. The van der Waals surface area contributed by atoms with Crippen LogP contribution in [0.1, 0.15) is 21.5 Å². The summed E-state index contributed by atoms with van der Waals surface area (Å²) in [5.74, 6) is 1.23. The number of ketones is 1. The van der Waals surface area contributed by atoms with Crippen LogP contribution >= 0.6 is 0 Å². The molecule has 0 unspecified atom stereocenters. The maximum absolute atomic E-state index is 12.7. The summed E-state index contributed by atoms with van der Waals surface area (Å²) in [7, 11) is 4.50. The molecule has 0 saturated heterocycles. The van der Waals surface area contributed by atoms with Gasteiger partial charge in [-0.2, -0.15) is 0 Å². The van der Waals surface area contributed by atoms with Crippen LogP contribution in [0.2, 0.25) is 0 Å². The summed E-state index contributed by atoms with van der Waals surface area (Å²) < 4.78 is 26.3. The van der Waals surface area contributed by atoms with Crippen LogP contribution in [0, 0.1) is 6.92 Å². The van der Waals surface area contributed by atoms with Gasteiger partial charge in [0.25, 0.3) is 0 Å². The van der Waals surface area contributed by atoms with Crippen molar-refractivity contribution in [3.8, 4) is 23.0 Å². The number of hydrogen-bond donors (Lipinski definition) is 0. The van der Waals surface area contributed by atoms with Crippen molar-refractivity contribution in [3.63, 3.8) is 0 Å². The van der Waals surface area contributed by atoms with Crippen LogP contribution < -0.4 is 18.9 Å². The second-order valence-electron chi connectivity index (χ2n) is 6.02. The first-order valence-corrected chi connectivity index (χ1v) is 8.48. The number of allylic oxidation sites excluding steroid dienone is 1. The van der Waals surface area contributed by atoms with Gasteiger partial charge in [-0.3, -0.25) is 4.79 Å². The fourth-order valence-corrected chi connectivity index (χ4v) is 2.83. The van der Waals surface area contributed by atoms with Crippen molar-refractivity contribution in [2.75, 3.05) is 27.9 Å². The molecule has 0 aliphatic carbocycles. The van der Waals surface area contributed by atoms with Gasteiger partial charge in [0.2, 0.25) is 5.78 Å². The van der Waals surface area contributed by atoms with E-state index in [2.05, 4.69) is 0 Å². The van der Waals surface area contributed by atoms with Crippen molar-refractivity contribution in [1.29, 1.82) is 0 Å². The van der Waals surface area contributed by atoms with E-state index >= 15 is 0 Å². The van der Waals surface area contributed by atoms with Gasteiger partial charge in [0.1, 0.15) is 29.6 Å². The first-order chi connectivity index (χ1) is 13.5. The Balaban J connectivity index is 1.92. The lowest BCUT2D eigenvalue weighted by molar-refractivity contribution is -0.138. The molecule has 0 aromatic heterocycles. The predicted octanol–water partition coefficient (Wildman–Crippen LogP) is 3.18. The van der Waals surface area contributed by atoms with Crippen LogP contribution in [0.25, 0.3) is 6.08 Å². The number of rotatable bonds is 6. The first-order valence-electron chi connectivity index (χ1n) is 8.48. The van der Waals surface area contributed by atoms with Gasteiger partial charge in [0.15, 0.2) is 5.76 Å². The fourth-order valence-electron chi connectivity index (χ4n) is 2.83. The molecule has 7 heteroatoms. The third-order valence-corrected chi connectivity index (χ3v) is 4.25. The van der Waals surface area contributed by atoms with Crippen LogP contribution in [-0.4, -0.2) is 39.7 Å². The summed E-state index contributed by atoms with van der Waals surface area (Å²) in [4.78, 5) is 24.4. The smallest absolute Gasteiger partial charge is 0.337 e. The molecule has 0 spiro atoms. The zero-order chi connectivity index (χ0) is 20.3. The molecule has 1 aliphatic heterocycles. The van der Waals surface area contributed by atoms with E-state index in [0.29, 0.717) is 39.7 Å². The van der Waals surface area contributed by atoms with Crippen molar-refractivity contribution in [1.82, 2.24) is 0 Å². The van der Waals surface area contributed by atoms with Crippen molar-refractivity contribution >= 4 is 17.8 Å². The molecule has 0 fully saturated rings. The Morgan fingerprint density at radius 1 is 1.07 bits per heavy atom. The number of ether oxygens (including phenoxy) is 5.